The van der Waals surface area contributed by atoms with E-state index >= 15 is 0 Å². The van der Waals surface area contributed by atoms with E-state index in [2.05, 4.69) is 10.6 Å². The monoisotopic (exact) mass is 242 g/mol. The highest BCUT2D eigenvalue weighted by Gasteiger charge is 2.46. The number of amides is 2. The zero-order chi connectivity index (χ0) is 12.5. The Morgan fingerprint density at radius 2 is 2.35 bits per heavy atom. The van der Waals surface area contributed by atoms with Gasteiger partial charge in [0, 0.05) is 26.2 Å². The van der Waals surface area contributed by atoms with E-state index in [-0.39, 0.29) is 18.4 Å². The summed E-state index contributed by atoms with van der Waals surface area (Å²) < 4.78 is 0. The zero-order valence-electron chi connectivity index (χ0n) is 9.61. The predicted octanol–water partition coefficient (Wildman–Crippen LogP) is -3.00. The second-order valence-corrected chi connectivity index (χ2v) is 4.56. The van der Waals surface area contributed by atoms with Crippen molar-refractivity contribution in [3.05, 3.63) is 0 Å². The molecule has 1 spiro atoms. The summed E-state index contributed by atoms with van der Waals surface area (Å²) in [5.41, 5.74) is 4.84. The van der Waals surface area contributed by atoms with Crippen LogP contribution >= 0.6 is 0 Å². The number of carbonyl (C=O) groups is 2. The molecule has 0 aromatic heterocycles. The maximum Gasteiger partial charge on any atom is 0.242 e. The minimum atomic E-state index is -0.894. The SMILES string of the molecule is N[C@@H](CO)C(=O)N1CCNC2(CCNC2=O)C1. The Kier molecular flexibility index (Phi) is 3.32. The van der Waals surface area contributed by atoms with Crippen LogP contribution in [0.5, 0.6) is 0 Å². The first kappa shape index (κ1) is 12.3. The average molecular weight is 242 g/mol. The van der Waals surface area contributed by atoms with E-state index in [0.29, 0.717) is 32.6 Å². The van der Waals surface area contributed by atoms with Crippen LogP contribution in [0.3, 0.4) is 0 Å². The van der Waals surface area contributed by atoms with Gasteiger partial charge in [-0.05, 0) is 6.42 Å². The van der Waals surface area contributed by atoms with Crippen molar-refractivity contribution in [3.8, 4) is 0 Å². The number of nitrogens with one attached hydrogen (secondary N) is 2. The number of aliphatic hydroxyl groups is 1. The highest BCUT2D eigenvalue weighted by atomic mass is 16.3. The van der Waals surface area contributed by atoms with Crippen molar-refractivity contribution >= 4 is 11.8 Å². The average Bonchev–Trinajstić information content (AvgIpc) is 2.69. The number of piperazine rings is 1. The van der Waals surface area contributed by atoms with Gasteiger partial charge in [-0.2, -0.15) is 0 Å². The van der Waals surface area contributed by atoms with Gasteiger partial charge in [-0.1, -0.05) is 0 Å². The zero-order valence-corrected chi connectivity index (χ0v) is 9.61. The lowest BCUT2D eigenvalue weighted by Crippen LogP contribution is -2.66. The van der Waals surface area contributed by atoms with Gasteiger partial charge in [-0.3, -0.25) is 9.59 Å². The topological polar surface area (TPSA) is 108 Å². The normalized spacial score (nSPS) is 30.5. The van der Waals surface area contributed by atoms with Crippen LogP contribution in [-0.2, 0) is 9.59 Å². The summed E-state index contributed by atoms with van der Waals surface area (Å²) in [5.74, 6) is -0.361. The third kappa shape index (κ3) is 2.13. The number of carbonyl (C=O) groups excluding carboxylic acids is 2. The molecule has 0 aromatic rings. The molecule has 2 saturated heterocycles. The first-order chi connectivity index (χ1) is 8.09. The lowest BCUT2D eigenvalue weighted by atomic mass is 9.94. The number of nitrogens with two attached hydrogens (primary N) is 1. The van der Waals surface area contributed by atoms with Crippen LogP contribution in [0.25, 0.3) is 0 Å². The van der Waals surface area contributed by atoms with Crippen molar-refractivity contribution in [1.82, 2.24) is 15.5 Å². The number of nitrogens with zero attached hydrogens (tertiary/aromatic N) is 1. The van der Waals surface area contributed by atoms with Gasteiger partial charge in [-0.25, -0.2) is 0 Å². The van der Waals surface area contributed by atoms with Crippen LogP contribution in [0.2, 0.25) is 0 Å². The number of rotatable bonds is 2. The number of aliphatic hydroxyl groups excluding tert-OH is 1. The van der Waals surface area contributed by atoms with Crippen LogP contribution in [0.4, 0.5) is 0 Å². The standard InChI is InChI=1S/C10H18N4O3/c11-7(5-15)8(16)14-4-3-13-10(6-14)1-2-12-9(10)17/h7,13,15H,1-6,11H2,(H,12,17)/t7-,10?/m0/s1. The lowest BCUT2D eigenvalue weighted by molar-refractivity contribution is -0.138. The number of hydrogen-bond acceptors (Lipinski definition) is 5. The van der Waals surface area contributed by atoms with Gasteiger partial charge in [0.05, 0.1) is 6.61 Å². The van der Waals surface area contributed by atoms with E-state index in [9.17, 15) is 9.59 Å². The van der Waals surface area contributed by atoms with Crippen molar-refractivity contribution < 1.29 is 14.7 Å². The lowest BCUT2D eigenvalue weighted by Gasteiger charge is -2.40. The summed E-state index contributed by atoms with van der Waals surface area (Å²) in [7, 11) is 0. The minimum absolute atomic E-state index is 0.0624. The molecule has 2 aliphatic heterocycles. The van der Waals surface area contributed by atoms with Crippen LogP contribution in [0, 0.1) is 0 Å². The van der Waals surface area contributed by atoms with Crippen LogP contribution in [0.15, 0.2) is 0 Å². The van der Waals surface area contributed by atoms with E-state index in [4.69, 9.17) is 10.8 Å². The fourth-order valence-corrected chi connectivity index (χ4v) is 2.38. The van der Waals surface area contributed by atoms with Gasteiger partial charge in [0.2, 0.25) is 11.8 Å². The molecule has 2 atom stereocenters. The molecular weight excluding hydrogens is 224 g/mol. The van der Waals surface area contributed by atoms with E-state index in [1.165, 1.54) is 0 Å². The maximum absolute atomic E-state index is 11.9. The van der Waals surface area contributed by atoms with Crippen molar-refractivity contribution in [2.45, 2.75) is 18.0 Å². The highest BCUT2D eigenvalue weighted by Crippen LogP contribution is 2.20. The van der Waals surface area contributed by atoms with Crippen LogP contribution < -0.4 is 16.4 Å². The molecule has 2 aliphatic rings. The minimum Gasteiger partial charge on any atom is -0.394 e. The quantitative estimate of drug-likeness (QED) is 0.413. The molecule has 7 heteroatoms. The van der Waals surface area contributed by atoms with Gasteiger partial charge in [0.1, 0.15) is 11.6 Å². The highest BCUT2D eigenvalue weighted by molar-refractivity contribution is 5.90. The molecule has 0 bridgehead atoms. The smallest absolute Gasteiger partial charge is 0.242 e. The van der Waals surface area contributed by atoms with Gasteiger partial charge < -0.3 is 26.4 Å². The van der Waals surface area contributed by atoms with E-state index in [1.54, 1.807) is 4.90 Å². The third-order valence-corrected chi connectivity index (χ3v) is 3.40. The molecule has 2 amide bonds. The van der Waals surface area contributed by atoms with Crippen LogP contribution in [-0.4, -0.2) is 66.2 Å². The molecule has 0 radical (unpaired) electrons. The third-order valence-electron chi connectivity index (χ3n) is 3.40. The second-order valence-electron chi connectivity index (χ2n) is 4.56. The summed E-state index contributed by atoms with van der Waals surface area (Å²) in [6, 6.07) is -0.894. The molecule has 0 saturated carbocycles. The Labute approximate surface area is 99.3 Å². The van der Waals surface area contributed by atoms with E-state index in [0.717, 1.165) is 0 Å². The number of hydrogen-bond donors (Lipinski definition) is 4. The van der Waals surface area contributed by atoms with Crippen LogP contribution in [0.1, 0.15) is 6.42 Å². The van der Waals surface area contributed by atoms with Crippen molar-refractivity contribution in [2.24, 2.45) is 5.73 Å². The Hall–Kier alpha value is -1.18. The summed E-state index contributed by atoms with van der Waals surface area (Å²) in [5, 5.41) is 14.8. The summed E-state index contributed by atoms with van der Waals surface area (Å²) in [6.45, 7) is 1.66. The molecule has 2 heterocycles. The molecule has 17 heavy (non-hydrogen) atoms. The Balaban J connectivity index is 2.07. The molecule has 0 aromatic carbocycles. The fraction of sp³-hybridized carbons (Fsp3) is 0.800. The van der Waals surface area contributed by atoms with E-state index < -0.39 is 11.6 Å². The maximum atomic E-state index is 11.9. The predicted molar refractivity (Wildman–Crippen MR) is 60.0 cm³/mol. The van der Waals surface area contributed by atoms with Crippen molar-refractivity contribution in [2.75, 3.05) is 32.8 Å². The molecule has 2 fully saturated rings. The molecule has 5 N–H and O–H groups in total. The summed E-state index contributed by atoms with van der Waals surface area (Å²) >= 11 is 0. The van der Waals surface area contributed by atoms with Crippen molar-refractivity contribution in [3.63, 3.8) is 0 Å². The van der Waals surface area contributed by atoms with Crippen molar-refractivity contribution in [1.29, 1.82) is 0 Å². The van der Waals surface area contributed by atoms with Gasteiger partial charge >= 0.3 is 0 Å². The Bertz CT molecular complexity index is 336. The molecule has 0 aliphatic carbocycles. The fourth-order valence-electron chi connectivity index (χ4n) is 2.38. The molecule has 1 unspecified atom stereocenters. The largest absolute Gasteiger partial charge is 0.394 e. The molecular formula is C10H18N4O3. The van der Waals surface area contributed by atoms with E-state index in [1.807, 2.05) is 0 Å². The Morgan fingerprint density at radius 3 is 2.94 bits per heavy atom. The molecule has 2 rings (SSSR count). The summed E-state index contributed by atoms with van der Waals surface area (Å²) in [4.78, 5) is 25.2. The first-order valence-corrected chi connectivity index (χ1v) is 5.78. The van der Waals surface area contributed by atoms with Gasteiger partial charge in [0.25, 0.3) is 0 Å². The molecule has 7 nitrogen and oxygen atoms in total. The van der Waals surface area contributed by atoms with Gasteiger partial charge in [-0.15, -0.1) is 0 Å². The Morgan fingerprint density at radius 1 is 1.59 bits per heavy atom. The summed E-state index contributed by atoms with van der Waals surface area (Å²) in [6.07, 6.45) is 0.671. The molecule has 96 valence electrons. The van der Waals surface area contributed by atoms with Gasteiger partial charge in [0.15, 0.2) is 0 Å². The second kappa shape index (κ2) is 4.59. The first-order valence-electron chi connectivity index (χ1n) is 5.78.